The number of nitrogens with two attached hydrogens (primary N) is 1. The summed E-state index contributed by atoms with van der Waals surface area (Å²) in [7, 11) is -3.28. The van der Waals surface area contributed by atoms with Gasteiger partial charge in [-0.3, -0.25) is 4.98 Å². The molecule has 0 amide bonds. The number of sulfonamides is 1. The van der Waals surface area contributed by atoms with Crippen LogP contribution in [0.25, 0.3) is 0 Å². The molecule has 1 aromatic rings. The molecular weight excluding hydrogens is 250 g/mol. The van der Waals surface area contributed by atoms with E-state index in [2.05, 4.69) is 4.98 Å². The predicted molar refractivity (Wildman–Crippen MR) is 70.3 cm³/mol. The molecule has 2 rings (SSSR count). The van der Waals surface area contributed by atoms with Gasteiger partial charge in [0.25, 0.3) is 0 Å². The third kappa shape index (κ3) is 3.07. The van der Waals surface area contributed by atoms with Crippen molar-refractivity contribution in [1.82, 2.24) is 9.29 Å². The quantitative estimate of drug-likeness (QED) is 0.874. The fourth-order valence-corrected chi connectivity index (χ4v) is 4.16. The zero-order valence-electron chi connectivity index (χ0n) is 10.3. The maximum Gasteiger partial charge on any atom is 0.218 e. The van der Waals surface area contributed by atoms with Crippen molar-refractivity contribution in [2.45, 2.75) is 31.1 Å². The van der Waals surface area contributed by atoms with Crippen LogP contribution in [0, 0.1) is 0 Å². The molecular formula is C12H19N3O2S. The van der Waals surface area contributed by atoms with E-state index in [4.69, 9.17) is 5.73 Å². The number of hydrogen-bond acceptors (Lipinski definition) is 4. The summed E-state index contributed by atoms with van der Waals surface area (Å²) in [5.41, 5.74) is 6.39. The Morgan fingerprint density at radius 1 is 1.44 bits per heavy atom. The van der Waals surface area contributed by atoms with Crippen molar-refractivity contribution in [3.8, 4) is 0 Å². The molecule has 1 aliphatic heterocycles. The fourth-order valence-electron chi connectivity index (χ4n) is 2.35. The normalized spacial score (nSPS) is 21.9. The van der Waals surface area contributed by atoms with Crippen molar-refractivity contribution in [1.29, 1.82) is 0 Å². The van der Waals surface area contributed by atoms with E-state index in [-0.39, 0.29) is 11.8 Å². The number of nitrogens with zero attached hydrogens (tertiary/aromatic N) is 2. The monoisotopic (exact) mass is 269 g/mol. The van der Waals surface area contributed by atoms with E-state index in [1.165, 1.54) is 0 Å². The molecule has 5 nitrogen and oxygen atoms in total. The molecule has 18 heavy (non-hydrogen) atoms. The minimum Gasteiger partial charge on any atom is -0.329 e. The number of pyridine rings is 1. The largest absolute Gasteiger partial charge is 0.329 e. The van der Waals surface area contributed by atoms with E-state index in [0.717, 1.165) is 24.8 Å². The van der Waals surface area contributed by atoms with Gasteiger partial charge in [-0.05, 0) is 24.5 Å². The molecule has 1 aliphatic rings. The number of aromatic nitrogens is 1. The van der Waals surface area contributed by atoms with Gasteiger partial charge < -0.3 is 5.73 Å². The van der Waals surface area contributed by atoms with E-state index in [0.29, 0.717) is 13.1 Å². The second-order valence-corrected chi connectivity index (χ2v) is 6.54. The maximum atomic E-state index is 12.4. The van der Waals surface area contributed by atoms with E-state index in [1.807, 2.05) is 0 Å². The highest BCUT2D eigenvalue weighted by Gasteiger charge is 2.31. The lowest BCUT2D eigenvalue weighted by Gasteiger charge is -2.33. The Bertz CT molecular complexity index is 475. The Labute approximate surface area is 108 Å². The number of piperidine rings is 1. The van der Waals surface area contributed by atoms with Crippen LogP contribution < -0.4 is 5.73 Å². The Balaban J connectivity index is 2.14. The Kier molecular flexibility index (Phi) is 4.31. The molecule has 0 radical (unpaired) electrons. The summed E-state index contributed by atoms with van der Waals surface area (Å²) < 4.78 is 26.3. The summed E-state index contributed by atoms with van der Waals surface area (Å²) in [4.78, 5) is 3.95. The van der Waals surface area contributed by atoms with Gasteiger partial charge in [0, 0.05) is 31.5 Å². The summed E-state index contributed by atoms with van der Waals surface area (Å²) in [6, 6.07) is 3.49. The standard InChI is InChI=1S/C12H19N3O2S/c13-8-12-5-1-2-7-15(12)18(16,17)10-11-4-3-6-14-9-11/h3-4,6,9,12H,1-2,5,7-8,10,13H2. The van der Waals surface area contributed by atoms with Gasteiger partial charge in [-0.2, -0.15) is 4.31 Å². The second-order valence-electron chi connectivity index (χ2n) is 4.61. The first kappa shape index (κ1) is 13.5. The molecule has 0 aliphatic carbocycles. The predicted octanol–water partition coefficient (Wildman–Crippen LogP) is 0.725. The smallest absolute Gasteiger partial charge is 0.218 e. The molecule has 1 saturated heterocycles. The second kappa shape index (κ2) is 5.77. The Morgan fingerprint density at radius 2 is 2.28 bits per heavy atom. The molecule has 6 heteroatoms. The van der Waals surface area contributed by atoms with Crippen LogP contribution in [0.2, 0.25) is 0 Å². The van der Waals surface area contributed by atoms with Crippen LogP contribution in [0.3, 0.4) is 0 Å². The first-order chi connectivity index (χ1) is 8.63. The van der Waals surface area contributed by atoms with E-state index in [1.54, 1.807) is 28.8 Å². The average Bonchev–Trinajstić information content (AvgIpc) is 2.39. The third-order valence-corrected chi connectivity index (χ3v) is 5.17. The summed E-state index contributed by atoms with van der Waals surface area (Å²) in [5.74, 6) is 0.0112. The summed E-state index contributed by atoms with van der Waals surface area (Å²) in [6.07, 6.45) is 6.07. The van der Waals surface area contributed by atoms with Gasteiger partial charge >= 0.3 is 0 Å². The fraction of sp³-hybridized carbons (Fsp3) is 0.583. The molecule has 1 aromatic heterocycles. The van der Waals surface area contributed by atoms with Crippen LogP contribution >= 0.6 is 0 Å². The molecule has 0 saturated carbocycles. The lowest BCUT2D eigenvalue weighted by Crippen LogP contribution is -2.47. The number of hydrogen-bond donors (Lipinski definition) is 1. The average molecular weight is 269 g/mol. The van der Waals surface area contributed by atoms with Crippen LogP contribution in [0.1, 0.15) is 24.8 Å². The van der Waals surface area contributed by atoms with Gasteiger partial charge in [0.15, 0.2) is 0 Å². The zero-order chi connectivity index (χ0) is 13.0. The van der Waals surface area contributed by atoms with Crippen LogP contribution in [-0.2, 0) is 15.8 Å². The third-order valence-electron chi connectivity index (χ3n) is 3.27. The van der Waals surface area contributed by atoms with Crippen molar-refractivity contribution in [3.63, 3.8) is 0 Å². The molecule has 2 N–H and O–H groups in total. The molecule has 0 bridgehead atoms. The van der Waals surface area contributed by atoms with E-state index in [9.17, 15) is 8.42 Å². The SMILES string of the molecule is NCC1CCCCN1S(=O)(=O)Cc1cccnc1. The number of rotatable bonds is 4. The van der Waals surface area contributed by atoms with Crippen LogP contribution in [0.4, 0.5) is 0 Å². The van der Waals surface area contributed by atoms with Crippen molar-refractivity contribution in [2.24, 2.45) is 5.73 Å². The minimum absolute atomic E-state index is 0.0112. The lowest BCUT2D eigenvalue weighted by molar-refractivity contribution is 0.257. The molecule has 0 aromatic carbocycles. The molecule has 1 fully saturated rings. The van der Waals surface area contributed by atoms with Crippen molar-refractivity contribution in [2.75, 3.05) is 13.1 Å². The highest BCUT2D eigenvalue weighted by Crippen LogP contribution is 2.22. The summed E-state index contributed by atoms with van der Waals surface area (Å²) in [6.45, 7) is 0.983. The molecule has 1 atom stereocenters. The van der Waals surface area contributed by atoms with Gasteiger partial charge in [-0.15, -0.1) is 0 Å². The van der Waals surface area contributed by atoms with Crippen LogP contribution in [0.5, 0.6) is 0 Å². The molecule has 100 valence electrons. The summed E-state index contributed by atoms with van der Waals surface area (Å²) >= 11 is 0. The Morgan fingerprint density at radius 3 is 2.94 bits per heavy atom. The topological polar surface area (TPSA) is 76.3 Å². The lowest BCUT2D eigenvalue weighted by atomic mass is 10.1. The van der Waals surface area contributed by atoms with Gasteiger partial charge in [0.05, 0.1) is 5.75 Å². The van der Waals surface area contributed by atoms with Gasteiger partial charge in [0.1, 0.15) is 0 Å². The molecule has 2 heterocycles. The van der Waals surface area contributed by atoms with Gasteiger partial charge in [-0.1, -0.05) is 12.5 Å². The summed E-state index contributed by atoms with van der Waals surface area (Å²) in [5, 5.41) is 0. The highest BCUT2D eigenvalue weighted by atomic mass is 32.2. The minimum atomic E-state index is -3.28. The van der Waals surface area contributed by atoms with Crippen molar-refractivity contribution in [3.05, 3.63) is 30.1 Å². The van der Waals surface area contributed by atoms with Gasteiger partial charge in [-0.25, -0.2) is 8.42 Å². The zero-order valence-corrected chi connectivity index (χ0v) is 11.1. The van der Waals surface area contributed by atoms with Crippen molar-refractivity contribution < 1.29 is 8.42 Å². The Hall–Kier alpha value is -0.980. The van der Waals surface area contributed by atoms with Gasteiger partial charge in [0.2, 0.25) is 10.0 Å². The van der Waals surface area contributed by atoms with E-state index < -0.39 is 10.0 Å². The highest BCUT2D eigenvalue weighted by molar-refractivity contribution is 7.88. The van der Waals surface area contributed by atoms with Crippen LogP contribution in [0.15, 0.2) is 24.5 Å². The first-order valence-corrected chi connectivity index (χ1v) is 7.83. The maximum absolute atomic E-state index is 12.4. The van der Waals surface area contributed by atoms with Crippen LogP contribution in [-0.4, -0.2) is 36.8 Å². The molecule has 0 spiro atoms. The first-order valence-electron chi connectivity index (χ1n) is 6.22. The molecule has 1 unspecified atom stereocenters. The van der Waals surface area contributed by atoms with Crippen molar-refractivity contribution >= 4 is 10.0 Å². The van der Waals surface area contributed by atoms with E-state index >= 15 is 0 Å².